The molecule has 0 aliphatic rings. The number of nitrogens with one attached hydrogen (secondary N) is 1. The number of aromatic nitrogens is 1. The van der Waals surface area contributed by atoms with Crippen molar-refractivity contribution in [2.45, 2.75) is 20.3 Å². The number of halogens is 1. The van der Waals surface area contributed by atoms with Gasteiger partial charge in [-0.2, -0.15) is 0 Å². The summed E-state index contributed by atoms with van der Waals surface area (Å²) in [5.74, 6) is -0.645. The molecule has 0 unspecified atom stereocenters. The number of ether oxygens (including phenoxy) is 1. The molecule has 6 heteroatoms. The molecule has 112 valence electrons. The largest absolute Gasteiger partial charge is 0.464 e. The summed E-state index contributed by atoms with van der Waals surface area (Å²) in [4.78, 5) is 16.5. The van der Waals surface area contributed by atoms with Crippen LogP contribution in [0.5, 0.6) is 0 Å². The van der Waals surface area contributed by atoms with Crippen LogP contribution < -0.4 is 5.32 Å². The van der Waals surface area contributed by atoms with Gasteiger partial charge in [0, 0.05) is 11.4 Å². The molecule has 1 aromatic heterocycles. The SMILES string of the molecule is COC(=O)c1nc(NCCc2ccc(F)cc2C)sc1C. The number of carbonyl (C=O) groups excluding carboxylic acids is 1. The third kappa shape index (κ3) is 3.78. The molecule has 0 aliphatic carbocycles. The number of rotatable bonds is 5. The maximum Gasteiger partial charge on any atom is 0.357 e. The van der Waals surface area contributed by atoms with E-state index >= 15 is 0 Å². The number of esters is 1. The van der Waals surface area contributed by atoms with E-state index in [4.69, 9.17) is 0 Å². The second kappa shape index (κ2) is 6.67. The molecule has 0 aliphatic heterocycles. The fourth-order valence-electron chi connectivity index (χ4n) is 2.00. The number of hydrogen-bond donors (Lipinski definition) is 1. The van der Waals surface area contributed by atoms with Crippen LogP contribution in [0, 0.1) is 19.7 Å². The van der Waals surface area contributed by atoms with Gasteiger partial charge in [0.25, 0.3) is 0 Å². The first-order valence-corrected chi connectivity index (χ1v) is 7.37. The molecule has 1 heterocycles. The van der Waals surface area contributed by atoms with E-state index in [9.17, 15) is 9.18 Å². The van der Waals surface area contributed by atoms with Gasteiger partial charge in [0.1, 0.15) is 5.82 Å². The fraction of sp³-hybridized carbons (Fsp3) is 0.333. The van der Waals surface area contributed by atoms with Gasteiger partial charge in [-0.15, -0.1) is 11.3 Å². The lowest BCUT2D eigenvalue weighted by Gasteiger charge is -2.06. The van der Waals surface area contributed by atoms with Crippen molar-refractivity contribution in [2.24, 2.45) is 0 Å². The second-order valence-corrected chi connectivity index (χ2v) is 5.87. The first kappa shape index (κ1) is 15.4. The van der Waals surface area contributed by atoms with Crippen LogP contribution in [-0.4, -0.2) is 24.6 Å². The molecule has 2 aromatic rings. The van der Waals surface area contributed by atoms with Gasteiger partial charge in [-0.25, -0.2) is 14.2 Å². The van der Waals surface area contributed by atoms with E-state index in [1.54, 1.807) is 6.07 Å². The summed E-state index contributed by atoms with van der Waals surface area (Å²) >= 11 is 1.42. The molecule has 4 nitrogen and oxygen atoms in total. The van der Waals surface area contributed by atoms with Crippen molar-refractivity contribution in [1.29, 1.82) is 0 Å². The molecule has 0 atom stereocenters. The van der Waals surface area contributed by atoms with Crippen LogP contribution in [0.15, 0.2) is 18.2 Å². The summed E-state index contributed by atoms with van der Waals surface area (Å²) < 4.78 is 17.7. The van der Waals surface area contributed by atoms with Crippen LogP contribution in [0.3, 0.4) is 0 Å². The van der Waals surface area contributed by atoms with Crippen LogP contribution in [0.4, 0.5) is 9.52 Å². The average molecular weight is 308 g/mol. The number of benzene rings is 1. The van der Waals surface area contributed by atoms with Crippen molar-refractivity contribution in [3.05, 3.63) is 45.7 Å². The Hall–Kier alpha value is -1.95. The highest BCUT2D eigenvalue weighted by Gasteiger charge is 2.15. The van der Waals surface area contributed by atoms with Gasteiger partial charge in [0.15, 0.2) is 10.8 Å². The van der Waals surface area contributed by atoms with Crippen LogP contribution >= 0.6 is 11.3 Å². The Morgan fingerprint density at radius 2 is 2.19 bits per heavy atom. The number of carbonyl (C=O) groups is 1. The van der Waals surface area contributed by atoms with Gasteiger partial charge in [-0.1, -0.05) is 6.07 Å². The standard InChI is InChI=1S/C15H17FN2O2S/c1-9-8-12(16)5-4-11(9)6-7-17-15-18-13(10(2)21-15)14(19)20-3/h4-5,8H,6-7H2,1-3H3,(H,17,18). The zero-order valence-corrected chi connectivity index (χ0v) is 13.0. The van der Waals surface area contributed by atoms with Gasteiger partial charge in [0.05, 0.1) is 7.11 Å². The first-order valence-electron chi connectivity index (χ1n) is 6.56. The molecular weight excluding hydrogens is 291 g/mol. The van der Waals surface area contributed by atoms with Crippen LogP contribution in [0.1, 0.15) is 26.5 Å². The zero-order valence-electron chi connectivity index (χ0n) is 12.2. The number of anilines is 1. The van der Waals surface area contributed by atoms with Crippen molar-refractivity contribution in [2.75, 3.05) is 19.0 Å². The molecule has 0 saturated carbocycles. The number of nitrogens with zero attached hydrogens (tertiary/aromatic N) is 1. The normalized spacial score (nSPS) is 10.5. The van der Waals surface area contributed by atoms with E-state index in [0.717, 1.165) is 22.4 Å². The monoisotopic (exact) mass is 308 g/mol. The third-order valence-corrected chi connectivity index (χ3v) is 4.08. The van der Waals surface area contributed by atoms with E-state index in [1.165, 1.54) is 30.6 Å². The molecular formula is C15H17FN2O2S. The molecule has 1 N–H and O–H groups in total. The summed E-state index contributed by atoms with van der Waals surface area (Å²) in [5.41, 5.74) is 2.37. The van der Waals surface area contributed by atoms with Gasteiger partial charge in [-0.05, 0) is 43.5 Å². The van der Waals surface area contributed by atoms with Gasteiger partial charge in [0.2, 0.25) is 0 Å². The zero-order chi connectivity index (χ0) is 15.4. The van der Waals surface area contributed by atoms with Gasteiger partial charge >= 0.3 is 5.97 Å². The summed E-state index contributed by atoms with van der Waals surface area (Å²) in [7, 11) is 1.34. The van der Waals surface area contributed by atoms with E-state index in [2.05, 4.69) is 15.0 Å². The molecule has 0 spiro atoms. The summed E-state index contributed by atoms with van der Waals surface area (Å²) in [5, 5.41) is 3.87. The maximum absolute atomic E-state index is 13.0. The molecule has 0 saturated heterocycles. The maximum atomic E-state index is 13.0. The van der Waals surface area contributed by atoms with Crippen LogP contribution in [0.25, 0.3) is 0 Å². The number of methoxy groups -OCH3 is 1. The Labute approximate surface area is 127 Å². The number of thiazole rings is 1. The Bertz CT molecular complexity index is 655. The fourth-order valence-corrected chi connectivity index (χ4v) is 2.83. The van der Waals surface area contributed by atoms with E-state index < -0.39 is 5.97 Å². The predicted octanol–water partition coefficient (Wildman–Crippen LogP) is 3.34. The molecule has 0 amide bonds. The van der Waals surface area contributed by atoms with E-state index in [1.807, 2.05) is 13.8 Å². The van der Waals surface area contributed by atoms with Crippen LogP contribution in [0.2, 0.25) is 0 Å². The van der Waals surface area contributed by atoms with E-state index in [0.29, 0.717) is 17.4 Å². The van der Waals surface area contributed by atoms with Crippen LogP contribution in [-0.2, 0) is 11.2 Å². The average Bonchev–Trinajstić information content (AvgIpc) is 2.81. The Kier molecular flexibility index (Phi) is 4.90. The topological polar surface area (TPSA) is 51.2 Å². The molecule has 0 bridgehead atoms. The lowest BCUT2D eigenvalue weighted by atomic mass is 10.1. The van der Waals surface area contributed by atoms with E-state index in [-0.39, 0.29) is 5.82 Å². The minimum absolute atomic E-state index is 0.220. The highest BCUT2D eigenvalue weighted by Crippen LogP contribution is 2.22. The smallest absolute Gasteiger partial charge is 0.357 e. The molecule has 21 heavy (non-hydrogen) atoms. The lowest BCUT2D eigenvalue weighted by Crippen LogP contribution is -2.07. The number of hydrogen-bond acceptors (Lipinski definition) is 5. The highest BCUT2D eigenvalue weighted by molar-refractivity contribution is 7.15. The third-order valence-electron chi connectivity index (χ3n) is 3.15. The first-order chi connectivity index (χ1) is 10.0. The van der Waals surface area contributed by atoms with Gasteiger partial charge < -0.3 is 10.1 Å². The molecule has 0 radical (unpaired) electrons. The quantitative estimate of drug-likeness (QED) is 0.861. The second-order valence-electron chi connectivity index (χ2n) is 4.66. The van der Waals surface area contributed by atoms with Crippen molar-refractivity contribution in [3.8, 4) is 0 Å². The van der Waals surface area contributed by atoms with Gasteiger partial charge in [-0.3, -0.25) is 0 Å². The Balaban J connectivity index is 1.96. The highest BCUT2D eigenvalue weighted by atomic mass is 32.1. The minimum Gasteiger partial charge on any atom is -0.464 e. The summed E-state index contributed by atoms with van der Waals surface area (Å²) in [6.45, 7) is 4.39. The van der Waals surface area contributed by atoms with Crippen molar-refractivity contribution in [1.82, 2.24) is 4.98 Å². The number of aryl methyl sites for hydroxylation is 2. The Morgan fingerprint density at radius 3 is 2.86 bits per heavy atom. The molecule has 0 fully saturated rings. The minimum atomic E-state index is -0.425. The molecule has 1 aromatic carbocycles. The molecule has 2 rings (SSSR count). The summed E-state index contributed by atoms with van der Waals surface area (Å²) in [6.07, 6.45) is 0.762. The summed E-state index contributed by atoms with van der Waals surface area (Å²) in [6, 6.07) is 4.78. The van der Waals surface area contributed by atoms with Crippen molar-refractivity contribution < 1.29 is 13.9 Å². The lowest BCUT2D eigenvalue weighted by molar-refractivity contribution is 0.0594. The Morgan fingerprint density at radius 1 is 1.43 bits per heavy atom. The van der Waals surface area contributed by atoms with Crippen molar-refractivity contribution >= 4 is 22.4 Å². The van der Waals surface area contributed by atoms with Crippen molar-refractivity contribution in [3.63, 3.8) is 0 Å². The predicted molar refractivity (Wildman–Crippen MR) is 81.5 cm³/mol.